The number of nitrogens with one attached hydrogen (secondary N) is 1. The Morgan fingerprint density at radius 3 is 2.62 bits per heavy atom. The van der Waals surface area contributed by atoms with E-state index in [9.17, 15) is 4.79 Å². The second kappa shape index (κ2) is 5.00. The molecule has 4 rings (SSSR count). The third-order valence-corrected chi connectivity index (χ3v) is 4.77. The number of hydrogen-bond donors (Lipinski definition) is 1. The summed E-state index contributed by atoms with van der Waals surface area (Å²) in [7, 11) is 0. The molecule has 0 atom stereocenters. The maximum Gasteiger partial charge on any atom is 0.243 e. The fraction of sp³-hybridized carbons (Fsp3) is 0.562. The van der Waals surface area contributed by atoms with E-state index in [0.29, 0.717) is 25.8 Å². The molecule has 2 aliphatic heterocycles. The largest absolute Gasteiger partial charge is 0.358 e. The smallest absolute Gasteiger partial charge is 0.243 e. The lowest BCUT2D eigenvalue weighted by molar-refractivity contribution is -0.178. The van der Waals surface area contributed by atoms with Gasteiger partial charge in [0.2, 0.25) is 5.91 Å². The molecule has 1 saturated heterocycles. The van der Waals surface area contributed by atoms with E-state index in [0.717, 1.165) is 37.1 Å². The Morgan fingerprint density at radius 1 is 1.14 bits per heavy atom. The van der Waals surface area contributed by atoms with Crippen molar-refractivity contribution in [3.8, 4) is 0 Å². The van der Waals surface area contributed by atoms with Gasteiger partial charge in [-0.1, -0.05) is 12.1 Å². The molecule has 1 aromatic carbocycles. The molecule has 0 aromatic heterocycles. The van der Waals surface area contributed by atoms with Crippen molar-refractivity contribution in [1.82, 2.24) is 0 Å². The van der Waals surface area contributed by atoms with Gasteiger partial charge >= 0.3 is 0 Å². The van der Waals surface area contributed by atoms with Crippen molar-refractivity contribution in [2.24, 2.45) is 0 Å². The lowest BCUT2D eigenvalue weighted by Crippen LogP contribution is -2.49. The summed E-state index contributed by atoms with van der Waals surface area (Å²) in [5.41, 5.74) is 2.05. The standard InChI is InChI=1S/C16H20N2O3/c19-15-11-18(14-4-2-1-3-13(14)17-15)12-5-7-16(8-6-12)20-9-10-21-16/h1-4,12H,5-11H2,(H,17,19). The highest BCUT2D eigenvalue weighted by Crippen LogP contribution is 2.40. The second-order valence-corrected chi connectivity index (χ2v) is 6.03. The van der Waals surface area contributed by atoms with Crippen LogP contribution in [0.15, 0.2) is 24.3 Å². The van der Waals surface area contributed by atoms with Gasteiger partial charge in [0.1, 0.15) is 0 Å². The lowest BCUT2D eigenvalue weighted by Gasteiger charge is -2.43. The first kappa shape index (κ1) is 13.1. The van der Waals surface area contributed by atoms with Crippen LogP contribution in [0.1, 0.15) is 25.7 Å². The first-order chi connectivity index (χ1) is 10.3. The summed E-state index contributed by atoms with van der Waals surface area (Å²) in [5, 5.41) is 2.95. The summed E-state index contributed by atoms with van der Waals surface area (Å²) in [6.45, 7) is 1.86. The van der Waals surface area contributed by atoms with Gasteiger partial charge in [0, 0.05) is 18.9 Å². The van der Waals surface area contributed by atoms with Crippen LogP contribution in [-0.2, 0) is 14.3 Å². The molecule has 5 nitrogen and oxygen atoms in total. The number of anilines is 2. The van der Waals surface area contributed by atoms with Gasteiger partial charge < -0.3 is 19.7 Å². The quantitative estimate of drug-likeness (QED) is 0.860. The van der Waals surface area contributed by atoms with Crippen molar-refractivity contribution in [2.45, 2.75) is 37.5 Å². The molecule has 1 aromatic rings. The van der Waals surface area contributed by atoms with Crippen LogP contribution in [0.25, 0.3) is 0 Å². The van der Waals surface area contributed by atoms with Crippen LogP contribution >= 0.6 is 0 Å². The number of para-hydroxylation sites is 2. The van der Waals surface area contributed by atoms with E-state index in [4.69, 9.17) is 9.47 Å². The zero-order chi connectivity index (χ0) is 14.3. The van der Waals surface area contributed by atoms with E-state index in [1.165, 1.54) is 0 Å². The van der Waals surface area contributed by atoms with Crippen LogP contribution in [0.3, 0.4) is 0 Å². The monoisotopic (exact) mass is 288 g/mol. The van der Waals surface area contributed by atoms with Crippen LogP contribution in [0.5, 0.6) is 0 Å². The number of benzene rings is 1. The number of carbonyl (C=O) groups excluding carboxylic acids is 1. The molecule has 2 heterocycles. The molecule has 2 fully saturated rings. The molecule has 0 bridgehead atoms. The predicted molar refractivity (Wildman–Crippen MR) is 79.3 cm³/mol. The fourth-order valence-electron chi connectivity index (χ4n) is 3.72. The van der Waals surface area contributed by atoms with Crippen molar-refractivity contribution in [2.75, 3.05) is 30.0 Å². The minimum Gasteiger partial charge on any atom is -0.358 e. The average Bonchev–Trinajstić information content (AvgIpc) is 2.95. The first-order valence-electron chi connectivity index (χ1n) is 7.69. The Balaban J connectivity index is 1.53. The molecular formula is C16H20N2O3. The van der Waals surface area contributed by atoms with Gasteiger partial charge in [-0.3, -0.25) is 4.79 Å². The number of nitrogens with zero attached hydrogens (tertiary/aromatic N) is 1. The lowest BCUT2D eigenvalue weighted by atomic mass is 9.88. The third kappa shape index (κ3) is 2.30. The molecule has 0 unspecified atom stereocenters. The predicted octanol–water partition coefficient (Wildman–Crippen LogP) is 2.13. The number of carbonyl (C=O) groups is 1. The SMILES string of the molecule is O=C1CN(C2CCC3(CC2)OCCO3)c2ccccc2N1. The van der Waals surface area contributed by atoms with Crippen molar-refractivity contribution in [3.05, 3.63) is 24.3 Å². The Bertz CT molecular complexity index is 544. The number of fused-ring (bicyclic) bond motifs is 1. The first-order valence-corrected chi connectivity index (χ1v) is 7.69. The molecular weight excluding hydrogens is 268 g/mol. The molecule has 1 saturated carbocycles. The van der Waals surface area contributed by atoms with Gasteiger partial charge in [-0.05, 0) is 25.0 Å². The third-order valence-electron chi connectivity index (χ3n) is 4.77. The fourth-order valence-corrected chi connectivity index (χ4v) is 3.72. The topological polar surface area (TPSA) is 50.8 Å². The van der Waals surface area contributed by atoms with Crippen LogP contribution in [0.4, 0.5) is 11.4 Å². The molecule has 1 amide bonds. The van der Waals surface area contributed by atoms with Crippen LogP contribution in [0, 0.1) is 0 Å². The molecule has 3 aliphatic rings. The van der Waals surface area contributed by atoms with E-state index in [2.05, 4.69) is 16.3 Å². The Kier molecular flexibility index (Phi) is 3.12. The number of hydrogen-bond acceptors (Lipinski definition) is 4. The number of ether oxygens (including phenoxy) is 2. The Labute approximate surface area is 124 Å². The van der Waals surface area contributed by atoms with Crippen molar-refractivity contribution >= 4 is 17.3 Å². The van der Waals surface area contributed by atoms with Gasteiger partial charge in [-0.2, -0.15) is 0 Å². The van der Waals surface area contributed by atoms with Gasteiger partial charge in [0.05, 0.1) is 31.1 Å². The van der Waals surface area contributed by atoms with Crippen molar-refractivity contribution < 1.29 is 14.3 Å². The van der Waals surface area contributed by atoms with E-state index >= 15 is 0 Å². The summed E-state index contributed by atoms with van der Waals surface area (Å²) in [5.74, 6) is -0.268. The van der Waals surface area contributed by atoms with Gasteiger partial charge in [0.25, 0.3) is 0 Å². The highest BCUT2D eigenvalue weighted by atomic mass is 16.7. The highest BCUT2D eigenvalue weighted by molar-refractivity contribution is 6.01. The molecule has 21 heavy (non-hydrogen) atoms. The van der Waals surface area contributed by atoms with Crippen molar-refractivity contribution in [3.63, 3.8) is 0 Å². The summed E-state index contributed by atoms with van der Waals surface area (Å²) in [6.07, 6.45) is 3.83. The molecule has 1 aliphatic carbocycles. The highest BCUT2D eigenvalue weighted by Gasteiger charge is 2.42. The maximum atomic E-state index is 11.9. The minimum absolute atomic E-state index is 0.0716. The normalized spacial score (nSPS) is 25.0. The summed E-state index contributed by atoms with van der Waals surface area (Å²) in [6, 6.07) is 8.42. The second-order valence-electron chi connectivity index (χ2n) is 6.03. The molecule has 112 valence electrons. The molecule has 1 spiro atoms. The van der Waals surface area contributed by atoms with Crippen LogP contribution in [0.2, 0.25) is 0 Å². The Hall–Kier alpha value is -1.59. The van der Waals surface area contributed by atoms with Gasteiger partial charge in [-0.15, -0.1) is 0 Å². The number of amides is 1. The van der Waals surface area contributed by atoms with E-state index < -0.39 is 0 Å². The average molecular weight is 288 g/mol. The van der Waals surface area contributed by atoms with E-state index in [-0.39, 0.29) is 11.7 Å². The summed E-state index contributed by atoms with van der Waals surface area (Å²) in [4.78, 5) is 14.2. The van der Waals surface area contributed by atoms with Crippen molar-refractivity contribution in [1.29, 1.82) is 0 Å². The maximum absolute atomic E-state index is 11.9. The van der Waals surface area contributed by atoms with Crippen LogP contribution < -0.4 is 10.2 Å². The molecule has 5 heteroatoms. The summed E-state index contributed by atoms with van der Waals surface area (Å²) < 4.78 is 11.6. The summed E-state index contributed by atoms with van der Waals surface area (Å²) >= 11 is 0. The zero-order valence-electron chi connectivity index (χ0n) is 12.0. The van der Waals surface area contributed by atoms with Gasteiger partial charge in [-0.25, -0.2) is 0 Å². The molecule has 1 N–H and O–H groups in total. The Morgan fingerprint density at radius 2 is 1.86 bits per heavy atom. The zero-order valence-corrected chi connectivity index (χ0v) is 12.0. The number of rotatable bonds is 1. The molecule has 0 radical (unpaired) electrons. The van der Waals surface area contributed by atoms with E-state index in [1.807, 2.05) is 18.2 Å². The minimum atomic E-state index is -0.339. The van der Waals surface area contributed by atoms with Crippen LogP contribution in [-0.4, -0.2) is 37.5 Å². The van der Waals surface area contributed by atoms with E-state index in [1.54, 1.807) is 0 Å². The van der Waals surface area contributed by atoms with Gasteiger partial charge in [0.15, 0.2) is 5.79 Å².